The molecule has 2 N–H and O–H groups in total. The highest BCUT2D eigenvalue weighted by Crippen LogP contribution is 2.36. The number of piperidine rings is 1. The lowest BCUT2D eigenvalue weighted by atomic mass is 10.1. The van der Waals surface area contributed by atoms with Crippen molar-refractivity contribution in [2.45, 2.75) is 36.1 Å². The van der Waals surface area contributed by atoms with E-state index in [2.05, 4.69) is 31.7 Å². The zero-order chi connectivity index (χ0) is 21.6. The zero-order valence-corrected chi connectivity index (χ0v) is 17.9. The number of pyridine rings is 2. The molecule has 158 valence electrons. The maximum Gasteiger partial charge on any atom is 0.155 e. The van der Waals surface area contributed by atoms with E-state index in [0.29, 0.717) is 16.0 Å². The number of nitrogens with one attached hydrogen (secondary N) is 2. The van der Waals surface area contributed by atoms with Gasteiger partial charge in [0.25, 0.3) is 0 Å². The largest absolute Gasteiger partial charge is 0.317 e. The normalized spacial score (nSPS) is 13.5. The van der Waals surface area contributed by atoms with Crippen molar-refractivity contribution in [2.75, 3.05) is 13.1 Å². The minimum Gasteiger partial charge on any atom is -0.317 e. The van der Waals surface area contributed by atoms with Crippen LogP contribution in [0.2, 0.25) is 0 Å². The number of H-pyrrole nitrogens is 1. The van der Waals surface area contributed by atoms with Gasteiger partial charge in [0.1, 0.15) is 11.1 Å². The van der Waals surface area contributed by atoms with E-state index in [-0.39, 0.29) is 5.03 Å². The molecule has 0 radical (unpaired) electrons. The summed E-state index contributed by atoms with van der Waals surface area (Å²) in [5.74, 6) is -0.409. The third-order valence-electron chi connectivity index (χ3n) is 4.98. The lowest BCUT2D eigenvalue weighted by molar-refractivity contribution is 0.520. The van der Waals surface area contributed by atoms with Gasteiger partial charge in [0.05, 0.1) is 23.5 Å². The molecule has 0 unspecified atom stereocenters. The molecule has 1 saturated heterocycles. The van der Waals surface area contributed by atoms with Crippen molar-refractivity contribution in [2.24, 2.45) is 0 Å². The number of fused-ring (bicyclic) bond motifs is 1. The average Bonchev–Trinajstić information content (AvgIpc) is 3.43. The SMILES string of the molecule is C1CCNCC1.Cc1[nH]ncc1-c1cc(Sc2ncccc2F)c2c(C#N)cnn2c1. The van der Waals surface area contributed by atoms with Crippen molar-refractivity contribution in [1.82, 2.24) is 30.1 Å². The molecule has 4 aromatic heterocycles. The third-order valence-corrected chi connectivity index (χ3v) is 6.00. The predicted molar refractivity (Wildman–Crippen MR) is 117 cm³/mol. The summed E-state index contributed by atoms with van der Waals surface area (Å²) >= 11 is 1.17. The van der Waals surface area contributed by atoms with E-state index in [4.69, 9.17) is 0 Å². The van der Waals surface area contributed by atoms with Gasteiger partial charge in [-0.3, -0.25) is 5.10 Å². The Hall–Kier alpha value is -3.22. The quantitative estimate of drug-likeness (QED) is 0.497. The molecular weight excluding hydrogens is 413 g/mol. The Kier molecular flexibility index (Phi) is 6.60. The predicted octanol–water partition coefficient (Wildman–Crippen LogP) is 4.35. The lowest BCUT2D eigenvalue weighted by Crippen LogP contribution is -2.21. The first-order valence-electron chi connectivity index (χ1n) is 10.1. The van der Waals surface area contributed by atoms with Crippen LogP contribution in [0.4, 0.5) is 4.39 Å². The third kappa shape index (κ3) is 4.76. The number of hydrogen-bond donors (Lipinski definition) is 2. The van der Waals surface area contributed by atoms with Crippen LogP contribution < -0.4 is 5.32 Å². The number of nitrogens with zero attached hydrogens (tertiary/aromatic N) is 5. The smallest absolute Gasteiger partial charge is 0.155 e. The molecule has 0 spiro atoms. The first-order valence-corrected chi connectivity index (χ1v) is 10.9. The van der Waals surface area contributed by atoms with Gasteiger partial charge in [-0.25, -0.2) is 13.9 Å². The number of halogens is 1. The topological polar surface area (TPSA) is 94.7 Å². The highest BCUT2D eigenvalue weighted by molar-refractivity contribution is 7.99. The summed E-state index contributed by atoms with van der Waals surface area (Å²) in [7, 11) is 0. The second-order valence-electron chi connectivity index (χ2n) is 7.17. The van der Waals surface area contributed by atoms with E-state index in [1.807, 2.05) is 19.2 Å². The maximum absolute atomic E-state index is 14.0. The Morgan fingerprint density at radius 1 is 1.23 bits per heavy atom. The molecule has 1 aliphatic rings. The molecule has 31 heavy (non-hydrogen) atoms. The fourth-order valence-corrected chi connectivity index (χ4v) is 4.36. The molecule has 0 aliphatic carbocycles. The summed E-state index contributed by atoms with van der Waals surface area (Å²) in [6.07, 6.45) is 10.8. The van der Waals surface area contributed by atoms with Gasteiger partial charge >= 0.3 is 0 Å². The van der Waals surface area contributed by atoms with Gasteiger partial charge in [0.15, 0.2) is 5.82 Å². The van der Waals surface area contributed by atoms with Crippen molar-refractivity contribution >= 4 is 17.3 Å². The van der Waals surface area contributed by atoms with Gasteiger partial charge in [-0.1, -0.05) is 18.2 Å². The number of nitriles is 1. The number of aromatic nitrogens is 5. The molecule has 5 heterocycles. The first-order chi connectivity index (χ1) is 15.2. The van der Waals surface area contributed by atoms with Crippen LogP contribution in [0.15, 0.2) is 52.9 Å². The highest BCUT2D eigenvalue weighted by atomic mass is 32.2. The number of hydrogen-bond acceptors (Lipinski definition) is 6. The Bertz CT molecular complexity index is 1210. The van der Waals surface area contributed by atoms with Crippen LogP contribution in [0, 0.1) is 24.1 Å². The average molecular weight is 436 g/mol. The van der Waals surface area contributed by atoms with Gasteiger partial charge in [-0.2, -0.15) is 15.5 Å². The van der Waals surface area contributed by atoms with Crippen LogP contribution in [0.1, 0.15) is 30.5 Å². The fraction of sp³-hybridized carbons (Fsp3) is 0.273. The summed E-state index contributed by atoms with van der Waals surface area (Å²) in [5, 5.41) is 24.1. The second kappa shape index (κ2) is 9.73. The van der Waals surface area contributed by atoms with Crippen molar-refractivity contribution in [3.63, 3.8) is 0 Å². The Balaban J connectivity index is 0.000000334. The van der Waals surface area contributed by atoms with Crippen LogP contribution in [0.5, 0.6) is 0 Å². The van der Waals surface area contributed by atoms with Crippen LogP contribution in [-0.4, -0.2) is 37.9 Å². The first kappa shape index (κ1) is 21.0. The molecule has 0 amide bonds. The molecule has 0 aromatic carbocycles. The number of aryl methyl sites for hydroxylation is 1. The van der Waals surface area contributed by atoms with Crippen LogP contribution in [0.25, 0.3) is 16.6 Å². The molecule has 1 aliphatic heterocycles. The summed E-state index contributed by atoms with van der Waals surface area (Å²) < 4.78 is 15.7. The van der Waals surface area contributed by atoms with Crippen molar-refractivity contribution in [3.8, 4) is 17.2 Å². The minimum absolute atomic E-state index is 0.246. The van der Waals surface area contributed by atoms with Gasteiger partial charge < -0.3 is 5.32 Å². The number of aromatic amines is 1. The van der Waals surface area contributed by atoms with Crippen LogP contribution in [-0.2, 0) is 0 Å². The van der Waals surface area contributed by atoms with E-state index < -0.39 is 5.82 Å². The van der Waals surface area contributed by atoms with E-state index in [1.54, 1.807) is 16.8 Å². The molecule has 0 saturated carbocycles. The monoisotopic (exact) mass is 435 g/mol. The molecule has 9 heteroatoms. The summed E-state index contributed by atoms with van der Waals surface area (Å²) in [6, 6.07) is 6.93. The standard InChI is InChI=1S/C17H11FN6S.C5H11N/c1-10-13(8-21-23-10)11-5-15(25-17-14(18)3-2-4-20-17)16-12(6-19)7-22-24(16)9-11;1-2-4-6-5-3-1/h2-5,7-9H,1H3,(H,21,23);6H,1-5H2. The molecular formula is C22H22FN7S. The van der Waals surface area contributed by atoms with Crippen LogP contribution >= 0.6 is 11.8 Å². The van der Waals surface area contributed by atoms with Crippen molar-refractivity contribution < 1.29 is 4.39 Å². The molecule has 1 fully saturated rings. The molecule has 4 aromatic rings. The molecule has 5 rings (SSSR count). The fourth-order valence-electron chi connectivity index (χ4n) is 3.39. The Labute approximate surface area is 183 Å². The molecule has 0 bridgehead atoms. The Morgan fingerprint density at radius 3 is 2.68 bits per heavy atom. The van der Waals surface area contributed by atoms with E-state index >= 15 is 0 Å². The summed E-state index contributed by atoms with van der Waals surface area (Å²) in [5.41, 5.74) is 3.74. The Morgan fingerprint density at radius 2 is 2.06 bits per heavy atom. The zero-order valence-electron chi connectivity index (χ0n) is 17.1. The van der Waals surface area contributed by atoms with E-state index in [9.17, 15) is 9.65 Å². The minimum atomic E-state index is -0.409. The van der Waals surface area contributed by atoms with E-state index in [1.165, 1.54) is 62.6 Å². The van der Waals surface area contributed by atoms with Gasteiger partial charge in [0.2, 0.25) is 0 Å². The number of rotatable bonds is 3. The lowest BCUT2D eigenvalue weighted by Gasteiger charge is -2.08. The highest BCUT2D eigenvalue weighted by Gasteiger charge is 2.16. The van der Waals surface area contributed by atoms with Crippen LogP contribution in [0.3, 0.4) is 0 Å². The van der Waals surface area contributed by atoms with Crippen molar-refractivity contribution in [3.05, 3.63) is 60.1 Å². The summed E-state index contributed by atoms with van der Waals surface area (Å²) in [6.45, 7) is 4.42. The second-order valence-corrected chi connectivity index (χ2v) is 8.20. The molecule has 7 nitrogen and oxygen atoms in total. The van der Waals surface area contributed by atoms with Gasteiger partial charge in [-0.15, -0.1) is 0 Å². The maximum atomic E-state index is 14.0. The molecule has 0 atom stereocenters. The van der Waals surface area contributed by atoms with E-state index in [0.717, 1.165) is 16.8 Å². The van der Waals surface area contributed by atoms with Crippen molar-refractivity contribution in [1.29, 1.82) is 5.26 Å². The van der Waals surface area contributed by atoms with Gasteiger partial charge in [0, 0.05) is 34.1 Å². The van der Waals surface area contributed by atoms with Gasteiger partial charge in [-0.05, 0) is 51.1 Å². The summed E-state index contributed by atoms with van der Waals surface area (Å²) in [4.78, 5) is 4.79.